The summed E-state index contributed by atoms with van der Waals surface area (Å²) in [6, 6.07) is 20.4. The number of rotatable bonds is 13. The van der Waals surface area contributed by atoms with Crippen LogP contribution in [0.25, 0.3) is 0 Å². The number of methoxy groups -OCH3 is 1. The zero-order chi connectivity index (χ0) is 28.4. The Morgan fingerprint density at radius 2 is 1.62 bits per heavy atom. The fraction of sp³-hybridized carbons (Fsp3) is 0.310. The van der Waals surface area contributed by atoms with Gasteiger partial charge in [-0.05, 0) is 67.4 Å². The number of nitrogens with zero attached hydrogens (tertiary/aromatic N) is 2. The molecule has 1 unspecified atom stereocenters. The van der Waals surface area contributed by atoms with Crippen LogP contribution in [0, 0.1) is 0 Å². The van der Waals surface area contributed by atoms with Crippen LogP contribution in [0.1, 0.15) is 32.3 Å². The van der Waals surface area contributed by atoms with Crippen LogP contribution in [-0.4, -0.2) is 51.4 Å². The van der Waals surface area contributed by atoms with Crippen LogP contribution in [0.2, 0.25) is 5.02 Å². The number of anilines is 1. The zero-order valence-corrected chi connectivity index (χ0v) is 23.9. The van der Waals surface area contributed by atoms with Crippen LogP contribution in [-0.2, 0) is 26.2 Å². The largest absolute Gasteiger partial charge is 0.497 e. The van der Waals surface area contributed by atoms with E-state index < -0.39 is 28.5 Å². The Bertz CT molecular complexity index is 1330. The molecule has 0 aliphatic carbocycles. The van der Waals surface area contributed by atoms with Crippen molar-refractivity contribution in [2.75, 3.05) is 24.5 Å². The van der Waals surface area contributed by atoms with Crippen LogP contribution in [0.5, 0.6) is 5.75 Å². The van der Waals surface area contributed by atoms with Crippen molar-refractivity contribution in [1.82, 2.24) is 10.2 Å². The number of hydrogen-bond acceptors (Lipinski definition) is 5. The van der Waals surface area contributed by atoms with Crippen LogP contribution in [0.3, 0.4) is 0 Å². The van der Waals surface area contributed by atoms with E-state index in [1.165, 1.54) is 17.0 Å². The van der Waals surface area contributed by atoms with Crippen molar-refractivity contribution >= 4 is 39.1 Å². The van der Waals surface area contributed by atoms with Crippen LogP contribution in [0.4, 0.5) is 5.69 Å². The lowest BCUT2D eigenvalue weighted by atomic mass is 10.1. The van der Waals surface area contributed by atoms with Crippen LogP contribution in [0.15, 0.2) is 83.8 Å². The van der Waals surface area contributed by atoms with E-state index in [0.717, 1.165) is 22.7 Å². The summed E-state index contributed by atoms with van der Waals surface area (Å²) < 4.78 is 33.7. The van der Waals surface area contributed by atoms with E-state index in [1.807, 2.05) is 6.92 Å². The van der Waals surface area contributed by atoms with Gasteiger partial charge in [0.2, 0.25) is 11.8 Å². The number of unbranched alkanes of at least 4 members (excludes halogenated alkanes) is 1. The first-order valence-electron chi connectivity index (χ1n) is 12.7. The van der Waals surface area contributed by atoms with Gasteiger partial charge in [-0.15, -0.1) is 0 Å². The smallest absolute Gasteiger partial charge is 0.264 e. The molecule has 0 spiro atoms. The van der Waals surface area contributed by atoms with Crippen molar-refractivity contribution in [3.8, 4) is 5.75 Å². The molecule has 0 fully saturated rings. The molecule has 3 rings (SSSR count). The lowest BCUT2D eigenvalue weighted by Gasteiger charge is -2.32. The highest BCUT2D eigenvalue weighted by molar-refractivity contribution is 7.92. The van der Waals surface area contributed by atoms with Gasteiger partial charge in [-0.25, -0.2) is 8.42 Å². The normalized spacial score (nSPS) is 11.9. The second-order valence-corrected chi connectivity index (χ2v) is 11.3. The molecule has 2 amide bonds. The molecular weight excluding hydrogens is 538 g/mol. The van der Waals surface area contributed by atoms with E-state index in [9.17, 15) is 18.0 Å². The monoisotopic (exact) mass is 571 g/mol. The van der Waals surface area contributed by atoms with Crippen molar-refractivity contribution < 1.29 is 22.7 Å². The predicted molar refractivity (Wildman–Crippen MR) is 153 cm³/mol. The van der Waals surface area contributed by atoms with Gasteiger partial charge in [-0.1, -0.05) is 55.3 Å². The molecule has 39 heavy (non-hydrogen) atoms. The maximum Gasteiger partial charge on any atom is 0.264 e. The van der Waals surface area contributed by atoms with Gasteiger partial charge >= 0.3 is 0 Å². The molecule has 1 N–H and O–H groups in total. The molecule has 0 aromatic heterocycles. The van der Waals surface area contributed by atoms with Gasteiger partial charge in [0.25, 0.3) is 10.0 Å². The number of ether oxygens (including phenoxy) is 1. The second-order valence-electron chi connectivity index (χ2n) is 8.99. The third-order valence-electron chi connectivity index (χ3n) is 6.23. The molecule has 1 atom stereocenters. The lowest BCUT2D eigenvalue weighted by Crippen LogP contribution is -2.51. The van der Waals surface area contributed by atoms with E-state index in [2.05, 4.69) is 5.32 Å². The van der Waals surface area contributed by atoms with Gasteiger partial charge in [0.05, 0.1) is 17.7 Å². The van der Waals surface area contributed by atoms with E-state index in [1.54, 1.807) is 80.8 Å². The Morgan fingerprint density at radius 3 is 2.21 bits per heavy atom. The molecule has 0 bridgehead atoms. The predicted octanol–water partition coefficient (Wildman–Crippen LogP) is 4.88. The summed E-state index contributed by atoms with van der Waals surface area (Å²) in [5, 5.41) is 3.30. The highest BCUT2D eigenvalue weighted by Gasteiger charge is 2.32. The number of halogens is 1. The Kier molecular flexibility index (Phi) is 10.8. The third-order valence-corrected chi connectivity index (χ3v) is 8.27. The van der Waals surface area contributed by atoms with Gasteiger partial charge < -0.3 is 15.0 Å². The van der Waals surface area contributed by atoms with E-state index in [-0.39, 0.29) is 23.0 Å². The van der Waals surface area contributed by atoms with Gasteiger partial charge in [-0.3, -0.25) is 13.9 Å². The maximum atomic E-state index is 13.9. The molecule has 0 heterocycles. The first-order valence-corrected chi connectivity index (χ1v) is 14.5. The van der Waals surface area contributed by atoms with E-state index in [0.29, 0.717) is 17.3 Å². The van der Waals surface area contributed by atoms with E-state index in [4.69, 9.17) is 16.3 Å². The minimum atomic E-state index is -4.12. The van der Waals surface area contributed by atoms with Crippen molar-refractivity contribution in [2.45, 2.75) is 44.2 Å². The van der Waals surface area contributed by atoms with Crippen molar-refractivity contribution in [1.29, 1.82) is 0 Å². The zero-order valence-electron chi connectivity index (χ0n) is 22.3. The number of benzene rings is 3. The highest BCUT2D eigenvalue weighted by atomic mass is 35.5. The molecular formula is C29H34ClN3O5S. The second kappa shape index (κ2) is 14.0. The molecule has 8 nitrogen and oxygen atoms in total. The molecule has 208 valence electrons. The Hall–Kier alpha value is -3.56. The summed E-state index contributed by atoms with van der Waals surface area (Å²) >= 11 is 6.05. The SMILES string of the molecule is CCCCNC(=O)C(C)N(Cc1ccc(OC)cc1)C(=O)CN(c1ccc(Cl)cc1)S(=O)(=O)c1ccccc1. The third kappa shape index (κ3) is 7.97. The molecule has 10 heteroatoms. The Labute approximate surface area is 235 Å². The molecule has 3 aromatic rings. The number of amides is 2. The van der Waals surface area contributed by atoms with Crippen molar-refractivity contribution in [3.63, 3.8) is 0 Å². The van der Waals surface area contributed by atoms with Gasteiger partial charge in [0.1, 0.15) is 18.3 Å². The van der Waals surface area contributed by atoms with E-state index >= 15 is 0 Å². The average molecular weight is 572 g/mol. The maximum absolute atomic E-state index is 13.9. The number of carbonyl (C=O) groups is 2. The molecule has 3 aromatic carbocycles. The summed E-state index contributed by atoms with van der Waals surface area (Å²) in [4.78, 5) is 28.3. The van der Waals surface area contributed by atoms with Gasteiger partial charge in [0, 0.05) is 18.1 Å². The van der Waals surface area contributed by atoms with Crippen LogP contribution < -0.4 is 14.4 Å². The average Bonchev–Trinajstić information content (AvgIpc) is 2.95. The molecule has 0 radical (unpaired) electrons. The van der Waals surface area contributed by atoms with Crippen LogP contribution >= 0.6 is 11.6 Å². The number of sulfonamides is 1. The minimum Gasteiger partial charge on any atom is -0.497 e. The highest BCUT2D eigenvalue weighted by Crippen LogP contribution is 2.26. The lowest BCUT2D eigenvalue weighted by molar-refractivity contribution is -0.139. The quantitative estimate of drug-likeness (QED) is 0.295. The van der Waals surface area contributed by atoms with Gasteiger partial charge in [0.15, 0.2) is 0 Å². The van der Waals surface area contributed by atoms with Crippen molar-refractivity contribution in [3.05, 3.63) is 89.4 Å². The Balaban J connectivity index is 1.97. The Morgan fingerprint density at radius 1 is 0.974 bits per heavy atom. The molecule has 0 saturated heterocycles. The molecule has 0 aliphatic heterocycles. The standard InChI is InChI=1S/C29H34ClN3O5S/c1-4-5-19-31-29(35)22(2)32(20-23-11-17-26(38-3)18-12-23)28(34)21-33(25-15-13-24(30)14-16-25)39(36,37)27-9-7-6-8-10-27/h6-18,22H,4-5,19-21H2,1-3H3,(H,31,35). The minimum absolute atomic E-state index is 0.0415. The molecule has 0 saturated carbocycles. The first kappa shape index (κ1) is 30.0. The van der Waals surface area contributed by atoms with Gasteiger partial charge in [-0.2, -0.15) is 0 Å². The summed E-state index contributed by atoms with van der Waals surface area (Å²) in [5.41, 5.74) is 1.04. The first-order chi connectivity index (χ1) is 18.7. The van der Waals surface area contributed by atoms with Crippen molar-refractivity contribution in [2.24, 2.45) is 0 Å². The topological polar surface area (TPSA) is 96.0 Å². The fourth-order valence-corrected chi connectivity index (χ4v) is 5.46. The number of nitrogens with one attached hydrogen (secondary N) is 1. The summed E-state index contributed by atoms with van der Waals surface area (Å²) in [5.74, 6) is -0.183. The number of hydrogen-bond donors (Lipinski definition) is 1. The fourth-order valence-electron chi connectivity index (χ4n) is 3.90. The summed E-state index contributed by atoms with van der Waals surface area (Å²) in [6.45, 7) is 3.74. The summed E-state index contributed by atoms with van der Waals surface area (Å²) in [6.07, 6.45) is 1.72. The number of carbonyl (C=O) groups excluding carboxylic acids is 2. The summed E-state index contributed by atoms with van der Waals surface area (Å²) in [7, 11) is -2.55. The molecule has 0 aliphatic rings.